The van der Waals surface area contributed by atoms with E-state index in [1.807, 2.05) is 6.07 Å². The van der Waals surface area contributed by atoms with Gasteiger partial charge >= 0.3 is 0 Å². The molecule has 1 aliphatic rings. The topological polar surface area (TPSA) is 37.8 Å². The van der Waals surface area contributed by atoms with E-state index in [4.69, 9.17) is 0 Å². The van der Waals surface area contributed by atoms with Crippen LogP contribution in [-0.2, 0) is 0 Å². The van der Waals surface area contributed by atoms with Crippen molar-refractivity contribution in [1.82, 2.24) is 15.3 Å². The summed E-state index contributed by atoms with van der Waals surface area (Å²) in [6.07, 6.45) is 11.0. The highest BCUT2D eigenvalue weighted by molar-refractivity contribution is 5.78. The highest BCUT2D eigenvalue weighted by Gasteiger charge is 2.19. The average molecular weight is 267 g/mol. The Labute approximate surface area is 120 Å². The molecule has 1 aromatic carbocycles. The molecule has 0 saturated heterocycles. The molecule has 1 atom stereocenters. The first-order valence-corrected chi connectivity index (χ1v) is 7.52. The maximum Gasteiger partial charge on any atom is 0.0937 e. The molecule has 3 nitrogen and oxygen atoms in total. The third kappa shape index (κ3) is 2.59. The Bertz CT molecular complexity index is 613. The standard InChI is InChI=1S/C17H21N3/c1-2-18-16(13-7-4-3-5-8-13)14-9-6-10-15-17(14)20-12-11-19-15/h6-7,9-12,16,18H,2-5,8H2,1H3. The van der Waals surface area contributed by atoms with E-state index in [9.17, 15) is 0 Å². The van der Waals surface area contributed by atoms with E-state index in [-0.39, 0.29) is 6.04 Å². The zero-order chi connectivity index (χ0) is 13.8. The first-order valence-electron chi connectivity index (χ1n) is 7.52. The highest BCUT2D eigenvalue weighted by atomic mass is 14.9. The second kappa shape index (κ2) is 6.14. The second-order valence-corrected chi connectivity index (χ2v) is 5.29. The van der Waals surface area contributed by atoms with Gasteiger partial charge in [0.1, 0.15) is 0 Å². The minimum Gasteiger partial charge on any atom is -0.307 e. The number of hydrogen-bond donors (Lipinski definition) is 1. The number of rotatable bonds is 4. The van der Waals surface area contributed by atoms with Gasteiger partial charge < -0.3 is 5.32 Å². The van der Waals surface area contributed by atoms with Crippen LogP contribution in [0.25, 0.3) is 11.0 Å². The Hall–Kier alpha value is -1.74. The molecule has 1 N–H and O–H groups in total. The van der Waals surface area contributed by atoms with Gasteiger partial charge in [-0.15, -0.1) is 0 Å². The van der Waals surface area contributed by atoms with Crippen molar-refractivity contribution in [2.24, 2.45) is 0 Å². The van der Waals surface area contributed by atoms with Gasteiger partial charge in [0.2, 0.25) is 0 Å². The van der Waals surface area contributed by atoms with Crippen molar-refractivity contribution in [1.29, 1.82) is 0 Å². The first-order chi connectivity index (χ1) is 9.90. The number of benzene rings is 1. The summed E-state index contributed by atoms with van der Waals surface area (Å²) in [5.74, 6) is 0. The molecule has 0 bridgehead atoms. The Morgan fingerprint density at radius 2 is 2.10 bits per heavy atom. The zero-order valence-corrected chi connectivity index (χ0v) is 12.0. The van der Waals surface area contributed by atoms with Crippen molar-refractivity contribution in [3.8, 4) is 0 Å². The maximum absolute atomic E-state index is 4.55. The molecule has 104 valence electrons. The molecular weight excluding hydrogens is 246 g/mol. The van der Waals surface area contributed by atoms with Crippen molar-refractivity contribution in [2.75, 3.05) is 6.54 Å². The monoisotopic (exact) mass is 267 g/mol. The van der Waals surface area contributed by atoms with E-state index >= 15 is 0 Å². The number of para-hydroxylation sites is 1. The Kier molecular flexibility index (Phi) is 4.07. The zero-order valence-electron chi connectivity index (χ0n) is 12.0. The summed E-state index contributed by atoms with van der Waals surface area (Å²) in [6.45, 7) is 3.12. The lowest BCUT2D eigenvalue weighted by atomic mass is 9.89. The van der Waals surface area contributed by atoms with Crippen molar-refractivity contribution >= 4 is 11.0 Å². The summed E-state index contributed by atoms with van der Waals surface area (Å²) in [7, 11) is 0. The average Bonchev–Trinajstić information content (AvgIpc) is 2.53. The van der Waals surface area contributed by atoms with Gasteiger partial charge in [-0.3, -0.25) is 9.97 Å². The quantitative estimate of drug-likeness (QED) is 0.857. The number of nitrogens with zero attached hydrogens (tertiary/aromatic N) is 2. The number of likely N-dealkylation sites (N-methyl/N-ethyl adjacent to an activating group) is 1. The van der Waals surface area contributed by atoms with E-state index in [0.717, 1.165) is 17.6 Å². The summed E-state index contributed by atoms with van der Waals surface area (Å²) in [6, 6.07) is 6.57. The van der Waals surface area contributed by atoms with Crippen LogP contribution in [0.15, 0.2) is 42.2 Å². The van der Waals surface area contributed by atoms with Crippen molar-refractivity contribution < 1.29 is 0 Å². The van der Waals surface area contributed by atoms with Crippen LogP contribution in [0, 0.1) is 0 Å². The third-order valence-corrected chi connectivity index (χ3v) is 3.95. The summed E-state index contributed by atoms with van der Waals surface area (Å²) >= 11 is 0. The van der Waals surface area contributed by atoms with Crippen LogP contribution >= 0.6 is 0 Å². The van der Waals surface area contributed by atoms with Gasteiger partial charge in [0.25, 0.3) is 0 Å². The normalized spacial score (nSPS) is 16.9. The van der Waals surface area contributed by atoms with Crippen LogP contribution in [0.4, 0.5) is 0 Å². The molecule has 20 heavy (non-hydrogen) atoms. The summed E-state index contributed by atoms with van der Waals surface area (Å²) in [5.41, 5.74) is 4.76. The number of allylic oxidation sites excluding steroid dienone is 1. The highest BCUT2D eigenvalue weighted by Crippen LogP contribution is 2.32. The lowest BCUT2D eigenvalue weighted by molar-refractivity contribution is 0.566. The van der Waals surface area contributed by atoms with Crippen LogP contribution in [0.3, 0.4) is 0 Å². The summed E-state index contributed by atoms with van der Waals surface area (Å²) < 4.78 is 0. The third-order valence-electron chi connectivity index (χ3n) is 3.95. The molecule has 1 unspecified atom stereocenters. The molecule has 0 aliphatic heterocycles. The summed E-state index contributed by atoms with van der Waals surface area (Å²) in [4.78, 5) is 8.97. The minimum absolute atomic E-state index is 0.278. The first kappa shape index (κ1) is 13.3. The van der Waals surface area contributed by atoms with Crippen LogP contribution < -0.4 is 5.32 Å². The molecule has 0 saturated carbocycles. The molecule has 0 amide bonds. The fourth-order valence-corrected chi connectivity index (χ4v) is 3.02. The molecular formula is C17H21N3. The molecule has 1 heterocycles. The van der Waals surface area contributed by atoms with Crippen molar-refractivity contribution in [3.63, 3.8) is 0 Å². The van der Waals surface area contributed by atoms with Gasteiger partial charge in [0.15, 0.2) is 0 Å². The fourth-order valence-electron chi connectivity index (χ4n) is 3.02. The van der Waals surface area contributed by atoms with Gasteiger partial charge in [-0.05, 0) is 38.3 Å². The van der Waals surface area contributed by atoms with Crippen LogP contribution in [0.1, 0.15) is 44.2 Å². The Morgan fingerprint density at radius 1 is 1.20 bits per heavy atom. The SMILES string of the molecule is CCNC(C1=CCCCC1)c1cccc2nccnc12. The Balaban J connectivity index is 2.07. The van der Waals surface area contributed by atoms with E-state index in [0.29, 0.717) is 0 Å². The van der Waals surface area contributed by atoms with Gasteiger partial charge in [-0.1, -0.05) is 30.7 Å². The molecule has 3 heteroatoms. The second-order valence-electron chi connectivity index (χ2n) is 5.29. The molecule has 0 fully saturated rings. The Morgan fingerprint density at radius 3 is 2.90 bits per heavy atom. The van der Waals surface area contributed by atoms with E-state index in [1.54, 1.807) is 12.4 Å². The lowest BCUT2D eigenvalue weighted by Crippen LogP contribution is -2.24. The number of hydrogen-bond acceptors (Lipinski definition) is 3. The number of fused-ring (bicyclic) bond motifs is 1. The minimum atomic E-state index is 0.278. The van der Waals surface area contributed by atoms with Crippen molar-refractivity contribution in [3.05, 3.63) is 47.8 Å². The van der Waals surface area contributed by atoms with Gasteiger partial charge in [-0.2, -0.15) is 0 Å². The van der Waals surface area contributed by atoms with Gasteiger partial charge in [-0.25, -0.2) is 0 Å². The number of aromatic nitrogens is 2. The van der Waals surface area contributed by atoms with Crippen LogP contribution in [0.2, 0.25) is 0 Å². The molecule has 3 rings (SSSR count). The van der Waals surface area contributed by atoms with Gasteiger partial charge in [0.05, 0.1) is 17.1 Å². The van der Waals surface area contributed by atoms with E-state index in [2.05, 4.69) is 40.4 Å². The fraction of sp³-hybridized carbons (Fsp3) is 0.412. The molecule has 2 aromatic rings. The predicted octanol–water partition coefficient (Wildman–Crippen LogP) is 3.78. The predicted molar refractivity (Wildman–Crippen MR) is 82.5 cm³/mol. The molecule has 0 spiro atoms. The number of nitrogens with one attached hydrogen (secondary N) is 1. The molecule has 0 radical (unpaired) electrons. The van der Waals surface area contributed by atoms with Crippen LogP contribution in [0.5, 0.6) is 0 Å². The smallest absolute Gasteiger partial charge is 0.0937 e. The van der Waals surface area contributed by atoms with Crippen molar-refractivity contribution in [2.45, 2.75) is 38.6 Å². The van der Waals surface area contributed by atoms with E-state index < -0.39 is 0 Å². The van der Waals surface area contributed by atoms with E-state index in [1.165, 1.54) is 36.8 Å². The largest absolute Gasteiger partial charge is 0.307 e. The summed E-state index contributed by atoms with van der Waals surface area (Å²) in [5, 5.41) is 3.62. The molecule has 1 aliphatic carbocycles. The maximum atomic E-state index is 4.55. The van der Waals surface area contributed by atoms with Crippen LogP contribution in [-0.4, -0.2) is 16.5 Å². The lowest BCUT2D eigenvalue weighted by Gasteiger charge is -2.25. The van der Waals surface area contributed by atoms with Gasteiger partial charge in [0, 0.05) is 18.0 Å². The molecule has 1 aromatic heterocycles.